The molecule has 0 unspecified atom stereocenters. The zero-order valence-electron chi connectivity index (χ0n) is 11.7. The summed E-state index contributed by atoms with van der Waals surface area (Å²) in [5, 5.41) is 19.8. The summed E-state index contributed by atoms with van der Waals surface area (Å²) in [5.74, 6) is -3.84. The Labute approximate surface area is 125 Å². The highest BCUT2D eigenvalue weighted by atomic mass is 16.5. The zero-order chi connectivity index (χ0) is 16.7. The molecule has 22 heavy (non-hydrogen) atoms. The Morgan fingerprint density at radius 2 is 1.82 bits per heavy atom. The molecule has 0 aliphatic heterocycles. The second-order valence-electron chi connectivity index (χ2n) is 4.37. The molecular formula is C14H15NO7. The maximum atomic E-state index is 12.0. The smallest absolute Gasteiger partial charge is 0.337 e. The van der Waals surface area contributed by atoms with Crippen molar-refractivity contribution in [1.82, 2.24) is 5.32 Å². The summed E-state index contributed by atoms with van der Waals surface area (Å²) in [5.41, 5.74) is 0.219. The van der Waals surface area contributed by atoms with E-state index in [-0.39, 0.29) is 24.0 Å². The molecule has 0 radical (unpaired) electrons. The van der Waals surface area contributed by atoms with Crippen LogP contribution in [0.2, 0.25) is 0 Å². The van der Waals surface area contributed by atoms with Crippen LogP contribution in [-0.4, -0.2) is 47.2 Å². The van der Waals surface area contributed by atoms with Gasteiger partial charge in [-0.25, -0.2) is 9.59 Å². The molecule has 0 heterocycles. The Hall–Kier alpha value is -2.90. The number of carbonyl (C=O) groups is 4. The molecule has 1 amide bonds. The van der Waals surface area contributed by atoms with Gasteiger partial charge in [-0.05, 0) is 24.6 Å². The molecule has 0 aliphatic carbocycles. The van der Waals surface area contributed by atoms with Crippen LogP contribution in [0.1, 0.15) is 33.6 Å². The van der Waals surface area contributed by atoms with Gasteiger partial charge >= 0.3 is 17.9 Å². The molecule has 0 spiro atoms. The average molecular weight is 309 g/mol. The second-order valence-corrected chi connectivity index (χ2v) is 4.37. The fourth-order valence-electron chi connectivity index (χ4n) is 1.67. The third kappa shape index (κ3) is 4.89. The van der Waals surface area contributed by atoms with E-state index < -0.39 is 29.9 Å². The number of amides is 1. The predicted molar refractivity (Wildman–Crippen MR) is 73.5 cm³/mol. The van der Waals surface area contributed by atoms with Crippen LogP contribution in [0.5, 0.6) is 0 Å². The maximum Gasteiger partial charge on any atom is 0.337 e. The van der Waals surface area contributed by atoms with Gasteiger partial charge in [-0.15, -0.1) is 0 Å². The van der Waals surface area contributed by atoms with Crippen molar-refractivity contribution in [2.45, 2.75) is 18.9 Å². The highest BCUT2D eigenvalue weighted by Gasteiger charge is 2.22. The summed E-state index contributed by atoms with van der Waals surface area (Å²) >= 11 is 0. The Kier molecular flexibility index (Phi) is 6.06. The van der Waals surface area contributed by atoms with Gasteiger partial charge in [-0.1, -0.05) is 6.07 Å². The molecule has 8 heteroatoms. The number of aliphatic carboxylic acids is 2. The van der Waals surface area contributed by atoms with E-state index in [9.17, 15) is 19.2 Å². The van der Waals surface area contributed by atoms with Gasteiger partial charge in [0.25, 0.3) is 5.91 Å². The molecule has 0 saturated heterocycles. The normalized spacial score (nSPS) is 11.3. The third-order valence-electron chi connectivity index (χ3n) is 2.80. The van der Waals surface area contributed by atoms with Gasteiger partial charge < -0.3 is 20.3 Å². The van der Waals surface area contributed by atoms with Crippen molar-refractivity contribution in [2.75, 3.05) is 7.11 Å². The number of hydrogen-bond donors (Lipinski definition) is 3. The minimum atomic E-state index is -1.33. The van der Waals surface area contributed by atoms with Crippen molar-refractivity contribution in [2.24, 2.45) is 0 Å². The molecule has 1 atom stereocenters. The van der Waals surface area contributed by atoms with Crippen LogP contribution in [0.25, 0.3) is 0 Å². The minimum absolute atomic E-state index is 0.0736. The van der Waals surface area contributed by atoms with Crippen LogP contribution in [0.3, 0.4) is 0 Å². The molecule has 0 aromatic heterocycles. The van der Waals surface area contributed by atoms with Crippen LogP contribution in [0.4, 0.5) is 0 Å². The van der Waals surface area contributed by atoms with E-state index in [2.05, 4.69) is 10.1 Å². The largest absolute Gasteiger partial charge is 0.481 e. The molecular weight excluding hydrogens is 294 g/mol. The first-order valence-corrected chi connectivity index (χ1v) is 6.29. The van der Waals surface area contributed by atoms with E-state index in [1.165, 1.54) is 31.4 Å². The predicted octanol–water partition coefficient (Wildman–Crippen LogP) is 0.521. The first kappa shape index (κ1) is 17.2. The number of ether oxygens (including phenoxy) is 1. The Morgan fingerprint density at radius 1 is 1.18 bits per heavy atom. The highest BCUT2D eigenvalue weighted by Crippen LogP contribution is 2.08. The maximum absolute atomic E-state index is 12.0. The van der Waals surface area contributed by atoms with E-state index in [0.29, 0.717) is 0 Å². The number of carboxylic acid groups (broad SMARTS) is 2. The summed E-state index contributed by atoms with van der Waals surface area (Å²) in [4.78, 5) is 44.9. The molecule has 3 N–H and O–H groups in total. The lowest BCUT2D eigenvalue weighted by molar-refractivity contribution is -0.140. The monoisotopic (exact) mass is 309 g/mol. The Balaban J connectivity index is 2.83. The van der Waals surface area contributed by atoms with Crippen molar-refractivity contribution >= 4 is 23.8 Å². The number of rotatable bonds is 7. The lowest BCUT2D eigenvalue weighted by Gasteiger charge is -2.13. The molecule has 1 aromatic carbocycles. The van der Waals surface area contributed by atoms with E-state index >= 15 is 0 Å². The van der Waals surface area contributed by atoms with Crippen LogP contribution in [-0.2, 0) is 14.3 Å². The van der Waals surface area contributed by atoms with Crippen molar-refractivity contribution in [1.29, 1.82) is 0 Å². The van der Waals surface area contributed by atoms with Gasteiger partial charge in [0.1, 0.15) is 6.04 Å². The molecule has 8 nitrogen and oxygen atoms in total. The topological polar surface area (TPSA) is 130 Å². The standard InChI is InChI=1S/C14H15NO7/c1-22-14(21)9-4-2-3-8(7-9)12(18)15-10(13(19)20)5-6-11(16)17/h2-4,7,10H,5-6H2,1H3,(H,15,18)(H,16,17)(H,19,20)/t10-/m0/s1. The van der Waals surface area contributed by atoms with Crippen molar-refractivity contribution in [3.63, 3.8) is 0 Å². The number of methoxy groups -OCH3 is 1. The van der Waals surface area contributed by atoms with Gasteiger partial charge in [0.2, 0.25) is 0 Å². The molecule has 0 aliphatic rings. The fourth-order valence-corrected chi connectivity index (χ4v) is 1.67. The molecule has 1 aromatic rings. The van der Waals surface area contributed by atoms with E-state index in [4.69, 9.17) is 10.2 Å². The first-order chi connectivity index (χ1) is 10.3. The van der Waals surface area contributed by atoms with Crippen LogP contribution in [0, 0.1) is 0 Å². The lowest BCUT2D eigenvalue weighted by Crippen LogP contribution is -2.41. The summed E-state index contributed by atoms with van der Waals surface area (Å²) in [7, 11) is 1.20. The molecule has 0 bridgehead atoms. The number of esters is 1. The van der Waals surface area contributed by atoms with Gasteiger partial charge in [-0.2, -0.15) is 0 Å². The van der Waals surface area contributed by atoms with Gasteiger partial charge in [0.05, 0.1) is 12.7 Å². The number of hydrogen-bond acceptors (Lipinski definition) is 5. The van der Waals surface area contributed by atoms with Gasteiger partial charge in [-0.3, -0.25) is 9.59 Å². The molecule has 1 rings (SSSR count). The minimum Gasteiger partial charge on any atom is -0.481 e. The third-order valence-corrected chi connectivity index (χ3v) is 2.80. The van der Waals surface area contributed by atoms with Crippen LogP contribution in [0.15, 0.2) is 24.3 Å². The van der Waals surface area contributed by atoms with Crippen molar-refractivity contribution in [3.8, 4) is 0 Å². The zero-order valence-corrected chi connectivity index (χ0v) is 11.7. The van der Waals surface area contributed by atoms with Crippen LogP contribution >= 0.6 is 0 Å². The number of carboxylic acids is 2. The van der Waals surface area contributed by atoms with Gasteiger partial charge in [0.15, 0.2) is 0 Å². The quantitative estimate of drug-likeness (QED) is 0.626. The average Bonchev–Trinajstić information content (AvgIpc) is 2.49. The van der Waals surface area contributed by atoms with E-state index in [0.717, 1.165) is 0 Å². The SMILES string of the molecule is COC(=O)c1cccc(C(=O)N[C@@H](CCC(=O)O)C(=O)O)c1. The Bertz CT molecular complexity index is 597. The molecule has 118 valence electrons. The fraction of sp³-hybridized carbons (Fsp3) is 0.286. The first-order valence-electron chi connectivity index (χ1n) is 6.29. The Morgan fingerprint density at radius 3 is 2.36 bits per heavy atom. The summed E-state index contributed by atoms with van der Waals surface area (Å²) in [6.45, 7) is 0. The summed E-state index contributed by atoms with van der Waals surface area (Å²) < 4.78 is 4.53. The lowest BCUT2D eigenvalue weighted by atomic mass is 10.1. The number of benzene rings is 1. The number of nitrogens with one attached hydrogen (secondary N) is 1. The van der Waals surface area contributed by atoms with Crippen molar-refractivity contribution in [3.05, 3.63) is 35.4 Å². The number of carbonyl (C=O) groups excluding carboxylic acids is 2. The van der Waals surface area contributed by atoms with Gasteiger partial charge in [0, 0.05) is 12.0 Å². The molecule has 0 saturated carbocycles. The van der Waals surface area contributed by atoms with E-state index in [1.54, 1.807) is 0 Å². The summed E-state index contributed by atoms with van der Waals surface area (Å²) in [6, 6.07) is 4.23. The van der Waals surface area contributed by atoms with Crippen molar-refractivity contribution < 1.29 is 34.1 Å². The van der Waals surface area contributed by atoms with Crippen LogP contribution < -0.4 is 5.32 Å². The highest BCUT2D eigenvalue weighted by molar-refractivity contribution is 5.99. The second kappa shape index (κ2) is 7.77. The van der Waals surface area contributed by atoms with E-state index in [1.807, 2.05) is 0 Å². The molecule has 0 fully saturated rings. The summed E-state index contributed by atoms with van der Waals surface area (Å²) in [6.07, 6.45) is -0.632.